The fourth-order valence-electron chi connectivity index (χ4n) is 15.4. The molecule has 240 valence electrons. The Balaban J connectivity index is 1.13. The van der Waals surface area contributed by atoms with Crippen molar-refractivity contribution in [2.75, 3.05) is 55.7 Å². The summed E-state index contributed by atoms with van der Waals surface area (Å²) in [5, 5.41) is 0. The SMILES string of the molecule is C=CC[N+]12CC[C@@]34c5ccccc5N5[C@@H]6OCC=C7CN8CC[C@]9%10c%11ccccc%11N([C@@H]%11OCC=C(C1)[C@H](C[C@@H]32)C%11[C@H]54)[C@H]9[C@H]6[C@H]7C[C@H]8%10. The zero-order chi connectivity index (χ0) is 30.4. The summed E-state index contributed by atoms with van der Waals surface area (Å²) in [4.78, 5) is 8.80. The van der Waals surface area contributed by atoms with Crippen LogP contribution in [0.4, 0.5) is 11.4 Å². The van der Waals surface area contributed by atoms with E-state index in [1.54, 1.807) is 22.3 Å². The molecule has 6 nitrogen and oxygen atoms in total. The molecule has 2 aliphatic carbocycles. The summed E-state index contributed by atoms with van der Waals surface area (Å²) in [6, 6.07) is 21.3. The van der Waals surface area contributed by atoms with Gasteiger partial charge in [-0.05, 0) is 60.2 Å². The molecule has 2 saturated carbocycles. The lowest BCUT2D eigenvalue weighted by Crippen LogP contribution is -2.77. The summed E-state index contributed by atoms with van der Waals surface area (Å²) >= 11 is 0. The molecule has 0 N–H and O–H groups in total. The fraction of sp³-hybridized carbons (Fsp3) is 0.561. The first kappa shape index (κ1) is 26.0. The van der Waals surface area contributed by atoms with Crippen LogP contribution in [0.1, 0.15) is 36.8 Å². The summed E-state index contributed by atoms with van der Waals surface area (Å²) in [5.74, 6) is 1.88. The van der Waals surface area contributed by atoms with Crippen molar-refractivity contribution in [2.45, 2.75) is 73.1 Å². The maximum Gasteiger partial charge on any atom is 0.136 e. The van der Waals surface area contributed by atoms with Gasteiger partial charge in [-0.25, -0.2) is 0 Å². The van der Waals surface area contributed by atoms with Crippen molar-refractivity contribution in [3.8, 4) is 0 Å². The van der Waals surface area contributed by atoms with E-state index in [9.17, 15) is 0 Å². The maximum absolute atomic E-state index is 7.45. The van der Waals surface area contributed by atoms with Crippen LogP contribution in [-0.2, 0) is 20.3 Å². The van der Waals surface area contributed by atoms with Crippen LogP contribution in [-0.4, -0.2) is 91.9 Å². The molecule has 5 saturated heterocycles. The van der Waals surface area contributed by atoms with E-state index in [-0.39, 0.29) is 23.3 Å². The molecule has 0 aromatic heterocycles. The summed E-state index contributed by atoms with van der Waals surface area (Å²) in [5.41, 5.74) is 9.76. The third-order valence-electron chi connectivity index (χ3n) is 16.5. The second-order valence-corrected chi connectivity index (χ2v) is 17.2. The molecule has 0 radical (unpaired) electrons. The Hall–Kier alpha value is -2.90. The predicted octanol–water partition coefficient (Wildman–Crippen LogP) is 4.97. The molecule has 2 aromatic rings. The van der Waals surface area contributed by atoms with Crippen LogP contribution in [0.2, 0.25) is 0 Å². The Labute approximate surface area is 277 Å². The van der Waals surface area contributed by atoms with Crippen LogP contribution in [0.5, 0.6) is 0 Å². The van der Waals surface area contributed by atoms with Gasteiger partial charge in [-0.1, -0.05) is 60.7 Å². The van der Waals surface area contributed by atoms with Gasteiger partial charge in [0, 0.05) is 60.0 Å². The van der Waals surface area contributed by atoms with Gasteiger partial charge >= 0.3 is 0 Å². The number of para-hydroxylation sites is 2. The lowest BCUT2D eigenvalue weighted by molar-refractivity contribution is -0.937. The minimum absolute atomic E-state index is 0.0587. The second-order valence-electron chi connectivity index (χ2n) is 17.2. The Morgan fingerprint density at radius 3 is 2.21 bits per heavy atom. The first-order chi connectivity index (χ1) is 23.2. The molecule has 2 unspecified atom stereocenters. The number of nitrogens with zero attached hydrogens (tertiary/aromatic N) is 4. The number of piperidine rings is 2. The van der Waals surface area contributed by atoms with Crippen LogP contribution in [0.25, 0.3) is 0 Å². The molecule has 9 heterocycles. The highest BCUT2D eigenvalue weighted by molar-refractivity contribution is 5.72. The van der Waals surface area contributed by atoms with Crippen molar-refractivity contribution in [2.24, 2.45) is 23.7 Å². The zero-order valence-corrected chi connectivity index (χ0v) is 27.2. The summed E-state index contributed by atoms with van der Waals surface area (Å²) in [6.45, 7) is 11.6. The highest BCUT2D eigenvalue weighted by Gasteiger charge is 2.79. The second kappa shape index (κ2) is 8.27. The highest BCUT2D eigenvalue weighted by Crippen LogP contribution is 2.71. The number of quaternary nitrogens is 1. The van der Waals surface area contributed by atoms with Crippen LogP contribution < -0.4 is 9.80 Å². The normalized spacial score (nSPS) is 49.6. The third kappa shape index (κ3) is 2.61. The lowest BCUT2D eigenvalue weighted by Gasteiger charge is -2.65. The molecular weight excluding hydrogens is 580 g/mol. The molecule has 13 rings (SSSR count). The quantitative estimate of drug-likeness (QED) is 0.348. The number of ether oxygens (including phenoxy) is 2. The molecular formula is C41H45N4O2+. The number of fused-ring (bicyclic) bond motifs is 6. The van der Waals surface area contributed by atoms with Gasteiger partial charge in [-0.15, -0.1) is 0 Å². The number of rotatable bonds is 2. The Morgan fingerprint density at radius 2 is 1.47 bits per heavy atom. The zero-order valence-electron chi connectivity index (χ0n) is 27.2. The lowest BCUT2D eigenvalue weighted by atomic mass is 9.52. The highest BCUT2D eigenvalue weighted by atomic mass is 16.5. The molecule has 7 fully saturated rings. The average Bonchev–Trinajstić information content (AvgIpc) is 3.73. The van der Waals surface area contributed by atoms with Gasteiger partial charge in [0.15, 0.2) is 0 Å². The topological polar surface area (TPSA) is 28.2 Å². The Bertz CT molecular complexity index is 1850. The third-order valence-corrected chi connectivity index (χ3v) is 16.5. The van der Waals surface area contributed by atoms with Crippen molar-refractivity contribution in [1.29, 1.82) is 0 Å². The largest absolute Gasteiger partial charge is 0.354 e. The van der Waals surface area contributed by atoms with E-state index in [1.807, 2.05) is 0 Å². The maximum atomic E-state index is 7.45. The van der Waals surface area contributed by atoms with Gasteiger partial charge in [-0.2, -0.15) is 0 Å². The standard InChI is InChI=1S/C41H45N4O2/c1-2-16-45-17-14-41-29-8-4-6-10-31(29)44-37(41)35-27(21-33(41)45)25(23-45)12-19-47-39(35)43-30-9-5-3-7-28(30)40-13-15-42-22-24-11-18-46-38(44)34(36(40)43)26(24)20-32(40)42/h2-12,26-27,32-39H,1,13-23H2/q+1/t26-,27-,32-,33-,34+,35?,36-,37-,38+,39+,40+,41+,45?/m0/s1. The van der Waals surface area contributed by atoms with Gasteiger partial charge < -0.3 is 23.8 Å². The first-order valence-electron chi connectivity index (χ1n) is 18.8. The van der Waals surface area contributed by atoms with Crippen molar-refractivity contribution < 1.29 is 14.0 Å². The molecule has 4 bridgehead atoms. The van der Waals surface area contributed by atoms with E-state index in [0.29, 0.717) is 47.8 Å². The number of benzene rings is 2. The van der Waals surface area contributed by atoms with Gasteiger partial charge in [0.2, 0.25) is 0 Å². The molecule has 2 spiro atoms. The average molecular weight is 626 g/mol. The monoisotopic (exact) mass is 625 g/mol. The molecule has 2 aromatic carbocycles. The predicted molar refractivity (Wildman–Crippen MR) is 181 cm³/mol. The molecule has 0 amide bonds. The number of anilines is 2. The van der Waals surface area contributed by atoms with Crippen LogP contribution >= 0.6 is 0 Å². The van der Waals surface area contributed by atoms with Crippen molar-refractivity contribution >= 4 is 11.4 Å². The van der Waals surface area contributed by atoms with Gasteiger partial charge in [0.25, 0.3) is 0 Å². The van der Waals surface area contributed by atoms with Crippen LogP contribution in [0.15, 0.2) is 84.5 Å². The minimum Gasteiger partial charge on any atom is -0.354 e. The fourth-order valence-corrected chi connectivity index (χ4v) is 15.4. The smallest absolute Gasteiger partial charge is 0.136 e. The van der Waals surface area contributed by atoms with Gasteiger partial charge in [0.1, 0.15) is 25.0 Å². The van der Waals surface area contributed by atoms with Crippen molar-refractivity contribution in [1.82, 2.24) is 4.90 Å². The van der Waals surface area contributed by atoms with E-state index in [2.05, 4.69) is 88.0 Å². The van der Waals surface area contributed by atoms with E-state index in [0.717, 1.165) is 26.3 Å². The summed E-state index contributed by atoms with van der Waals surface area (Å²) in [7, 11) is 0. The summed E-state index contributed by atoms with van der Waals surface area (Å²) in [6.07, 6.45) is 12.5. The summed E-state index contributed by atoms with van der Waals surface area (Å²) < 4.78 is 16.1. The minimum atomic E-state index is 0.0587. The molecule has 11 aliphatic rings. The number of hydrogen-bond acceptors (Lipinski definition) is 5. The van der Waals surface area contributed by atoms with E-state index in [4.69, 9.17) is 9.47 Å². The van der Waals surface area contributed by atoms with E-state index >= 15 is 0 Å². The van der Waals surface area contributed by atoms with E-state index < -0.39 is 0 Å². The molecule has 47 heavy (non-hydrogen) atoms. The first-order valence-corrected chi connectivity index (χ1v) is 18.8. The Morgan fingerprint density at radius 1 is 0.809 bits per heavy atom. The number of hydrogen-bond donors (Lipinski definition) is 0. The van der Waals surface area contributed by atoms with E-state index in [1.165, 1.54) is 61.2 Å². The van der Waals surface area contributed by atoms with Crippen molar-refractivity contribution in [3.05, 3.63) is 95.6 Å². The molecule has 6 heteroatoms. The van der Waals surface area contributed by atoms with Gasteiger partial charge in [-0.3, -0.25) is 4.90 Å². The molecule has 13 atom stereocenters. The van der Waals surface area contributed by atoms with Crippen LogP contribution in [0, 0.1) is 23.7 Å². The molecule has 9 aliphatic heterocycles. The van der Waals surface area contributed by atoms with Gasteiger partial charge in [0.05, 0.1) is 43.8 Å². The Kier molecular flexibility index (Phi) is 4.58. The van der Waals surface area contributed by atoms with Crippen LogP contribution in [0.3, 0.4) is 0 Å². The van der Waals surface area contributed by atoms with Crippen molar-refractivity contribution in [3.63, 3.8) is 0 Å².